The minimum absolute atomic E-state index is 0.292. The average Bonchev–Trinajstić information content (AvgIpc) is 3.08. The molecule has 0 N–H and O–H groups in total. The molecule has 2 aromatic carbocycles. The van der Waals surface area contributed by atoms with Crippen molar-refractivity contribution in [2.24, 2.45) is 0 Å². The molecule has 0 radical (unpaired) electrons. The first-order chi connectivity index (χ1) is 13.9. The Kier molecular flexibility index (Phi) is 4.88. The number of nitrogens with zero attached hydrogens (tertiary/aromatic N) is 4. The topological polar surface area (TPSA) is 61.8 Å². The van der Waals surface area contributed by atoms with E-state index in [0.717, 1.165) is 11.1 Å². The molecule has 0 fully saturated rings. The molecule has 6 nitrogen and oxygen atoms in total. The van der Waals surface area contributed by atoms with Gasteiger partial charge < -0.3 is 4.57 Å². The molecule has 0 aliphatic carbocycles. The smallest absolute Gasteiger partial charge is 0.320 e. The van der Waals surface area contributed by atoms with Crippen LogP contribution >= 0.6 is 11.6 Å². The van der Waals surface area contributed by atoms with Gasteiger partial charge in [-0.15, -0.1) is 0 Å². The van der Waals surface area contributed by atoms with Crippen molar-refractivity contribution in [2.75, 3.05) is 0 Å². The maximum Gasteiger partial charge on any atom is 0.337 e. The van der Waals surface area contributed by atoms with Crippen molar-refractivity contribution in [3.63, 3.8) is 0 Å². The van der Waals surface area contributed by atoms with Crippen LogP contribution in [0.1, 0.15) is 31.0 Å². The summed E-state index contributed by atoms with van der Waals surface area (Å²) in [6.45, 7) is 6.01. The van der Waals surface area contributed by atoms with Gasteiger partial charge in [-0.25, -0.2) is 14.3 Å². The summed E-state index contributed by atoms with van der Waals surface area (Å²) < 4.78 is 4.52. The zero-order valence-electron chi connectivity index (χ0n) is 16.5. The van der Waals surface area contributed by atoms with Crippen LogP contribution in [0.4, 0.5) is 0 Å². The van der Waals surface area contributed by atoms with E-state index in [9.17, 15) is 9.59 Å². The maximum atomic E-state index is 13.2. The van der Waals surface area contributed by atoms with Crippen LogP contribution in [-0.2, 0) is 6.54 Å². The molecule has 0 spiro atoms. The standard InChI is InChI=1S/C22H21ClN4O2/c1-14(2)26-21(28)19-20(27(22(26)29)17-10-8-15(3)9-11-17)24-13-25(19)12-16-6-4-5-7-18(16)23/h4-11,13-14H,12H2,1-3H3. The van der Waals surface area contributed by atoms with Gasteiger partial charge in [-0.05, 0) is 44.5 Å². The van der Waals surface area contributed by atoms with E-state index in [0.29, 0.717) is 28.4 Å². The zero-order valence-corrected chi connectivity index (χ0v) is 17.2. The number of rotatable bonds is 4. The highest BCUT2D eigenvalue weighted by Crippen LogP contribution is 2.19. The van der Waals surface area contributed by atoms with Crippen LogP contribution in [0.3, 0.4) is 0 Å². The largest absolute Gasteiger partial charge is 0.337 e. The third-order valence-electron chi connectivity index (χ3n) is 4.96. The fraction of sp³-hybridized carbons (Fsp3) is 0.227. The van der Waals surface area contributed by atoms with Crippen LogP contribution in [0, 0.1) is 6.92 Å². The van der Waals surface area contributed by atoms with E-state index in [4.69, 9.17) is 11.6 Å². The van der Waals surface area contributed by atoms with Crippen LogP contribution < -0.4 is 11.2 Å². The summed E-state index contributed by atoms with van der Waals surface area (Å²) in [5.74, 6) is 0. The zero-order chi connectivity index (χ0) is 20.7. The minimum atomic E-state index is -0.399. The summed E-state index contributed by atoms with van der Waals surface area (Å²) in [6.07, 6.45) is 1.59. The number of hydrogen-bond acceptors (Lipinski definition) is 3. The molecule has 2 aromatic heterocycles. The molecule has 4 rings (SSSR count). The van der Waals surface area contributed by atoms with Gasteiger partial charge in [0.1, 0.15) is 0 Å². The quantitative estimate of drug-likeness (QED) is 0.513. The Bertz CT molecular complexity index is 1310. The summed E-state index contributed by atoms with van der Waals surface area (Å²) in [5.41, 5.74) is 2.59. The molecule has 0 aliphatic heterocycles. The van der Waals surface area contributed by atoms with Crippen molar-refractivity contribution < 1.29 is 0 Å². The summed E-state index contributed by atoms with van der Waals surface area (Å²) in [6, 6.07) is 14.8. The molecular formula is C22H21ClN4O2. The molecule has 148 valence electrons. The number of imidazole rings is 1. The van der Waals surface area contributed by atoms with E-state index in [1.54, 1.807) is 10.9 Å². The van der Waals surface area contributed by atoms with Crippen molar-refractivity contribution in [1.29, 1.82) is 0 Å². The number of aromatic nitrogens is 4. The van der Waals surface area contributed by atoms with E-state index in [-0.39, 0.29) is 11.6 Å². The van der Waals surface area contributed by atoms with Gasteiger partial charge in [0.05, 0.1) is 18.6 Å². The summed E-state index contributed by atoms with van der Waals surface area (Å²) in [4.78, 5) is 30.9. The highest BCUT2D eigenvalue weighted by Gasteiger charge is 2.20. The molecule has 29 heavy (non-hydrogen) atoms. The van der Waals surface area contributed by atoms with Crippen molar-refractivity contribution in [2.45, 2.75) is 33.4 Å². The Morgan fingerprint density at radius 1 is 1.03 bits per heavy atom. The molecule has 0 aliphatic rings. The lowest BCUT2D eigenvalue weighted by atomic mass is 10.2. The first kappa shape index (κ1) is 19.2. The Morgan fingerprint density at radius 2 is 1.72 bits per heavy atom. The lowest BCUT2D eigenvalue weighted by Gasteiger charge is -2.15. The van der Waals surface area contributed by atoms with Gasteiger partial charge >= 0.3 is 5.69 Å². The Labute approximate surface area is 172 Å². The number of halogens is 1. The maximum absolute atomic E-state index is 13.2. The number of benzene rings is 2. The fourth-order valence-electron chi connectivity index (χ4n) is 3.47. The van der Waals surface area contributed by atoms with Crippen LogP contribution in [0.2, 0.25) is 5.02 Å². The minimum Gasteiger partial charge on any atom is -0.320 e. The molecule has 0 atom stereocenters. The molecule has 0 bridgehead atoms. The number of aryl methyl sites for hydroxylation is 1. The first-order valence-electron chi connectivity index (χ1n) is 9.41. The predicted octanol–water partition coefficient (Wildman–Crippen LogP) is 3.94. The van der Waals surface area contributed by atoms with Gasteiger partial charge in [0.15, 0.2) is 11.2 Å². The van der Waals surface area contributed by atoms with Crippen LogP contribution in [0.5, 0.6) is 0 Å². The van der Waals surface area contributed by atoms with Gasteiger partial charge in [0.25, 0.3) is 5.56 Å². The molecule has 2 heterocycles. The Balaban J connectivity index is 2.03. The van der Waals surface area contributed by atoms with Gasteiger partial charge in [0, 0.05) is 11.1 Å². The van der Waals surface area contributed by atoms with Crippen molar-refractivity contribution >= 4 is 22.8 Å². The van der Waals surface area contributed by atoms with Crippen LogP contribution in [0.15, 0.2) is 64.4 Å². The molecule has 7 heteroatoms. The summed E-state index contributed by atoms with van der Waals surface area (Å²) >= 11 is 6.31. The lowest BCUT2D eigenvalue weighted by molar-refractivity contribution is 0.539. The second-order valence-electron chi connectivity index (χ2n) is 7.36. The molecular weight excluding hydrogens is 388 g/mol. The van der Waals surface area contributed by atoms with Crippen molar-refractivity contribution in [1.82, 2.24) is 18.7 Å². The third-order valence-corrected chi connectivity index (χ3v) is 5.32. The second kappa shape index (κ2) is 7.37. The molecule has 4 aromatic rings. The highest BCUT2D eigenvalue weighted by molar-refractivity contribution is 6.31. The van der Waals surface area contributed by atoms with E-state index in [2.05, 4.69) is 4.98 Å². The Morgan fingerprint density at radius 3 is 2.38 bits per heavy atom. The van der Waals surface area contributed by atoms with Gasteiger partial charge in [-0.3, -0.25) is 9.36 Å². The second-order valence-corrected chi connectivity index (χ2v) is 7.77. The molecule has 0 saturated carbocycles. The van der Waals surface area contributed by atoms with E-state index in [1.807, 2.05) is 69.3 Å². The Hall–Kier alpha value is -3.12. The summed E-state index contributed by atoms with van der Waals surface area (Å²) in [5, 5.41) is 0.616. The average molecular weight is 409 g/mol. The fourth-order valence-corrected chi connectivity index (χ4v) is 3.66. The molecule has 0 saturated heterocycles. The number of fused-ring (bicyclic) bond motifs is 1. The van der Waals surface area contributed by atoms with Crippen molar-refractivity contribution in [3.05, 3.63) is 91.8 Å². The van der Waals surface area contributed by atoms with Crippen molar-refractivity contribution in [3.8, 4) is 5.69 Å². The predicted molar refractivity (Wildman–Crippen MR) is 115 cm³/mol. The van der Waals surface area contributed by atoms with E-state index >= 15 is 0 Å². The molecule has 0 amide bonds. The van der Waals surface area contributed by atoms with Crippen LogP contribution in [0.25, 0.3) is 16.9 Å². The summed E-state index contributed by atoms with van der Waals surface area (Å²) in [7, 11) is 0. The first-order valence-corrected chi connectivity index (χ1v) is 9.79. The molecule has 0 unspecified atom stereocenters. The van der Waals surface area contributed by atoms with Gasteiger partial charge in [0.2, 0.25) is 0 Å². The van der Waals surface area contributed by atoms with Gasteiger partial charge in [-0.2, -0.15) is 0 Å². The number of hydrogen-bond donors (Lipinski definition) is 0. The normalized spacial score (nSPS) is 11.5. The lowest BCUT2D eigenvalue weighted by Crippen LogP contribution is -2.41. The SMILES string of the molecule is Cc1ccc(-n2c(=O)n(C(C)C)c(=O)c3c2ncn3Cc2ccccc2Cl)cc1. The monoisotopic (exact) mass is 408 g/mol. The van der Waals surface area contributed by atoms with Gasteiger partial charge in [-0.1, -0.05) is 47.5 Å². The third kappa shape index (κ3) is 3.29. The van der Waals surface area contributed by atoms with E-state index in [1.165, 1.54) is 9.13 Å². The highest BCUT2D eigenvalue weighted by atomic mass is 35.5. The van der Waals surface area contributed by atoms with Crippen LogP contribution in [-0.4, -0.2) is 18.7 Å². The van der Waals surface area contributed by atoms with E-state index < -0.39 is 5.69 Å².